The molecule has 0 aliphatic carbocycles. The van der Waals surface area contributed by atoms with Crippen LogP contribution in [0, 0.1) is 0 Å². The van der Waals surface area contributed by atoms with Crippen molar-refractivity contribution in [3.8, 4) is 0 Å². The average Bonchev–Trinajstić information content (AvgIpc) is 3.46. The van der Waals surface area contributed by atoms with Crippen molar-refractivity contribution in [2.75, 3.05) is 0 Å². The number of hydrogen-bond donors (Lipinski definition) is 1. The Labute approximate surface area is 156 Å². The lowest BCUT2D eigenvalue weighted by Gasteiger charge is -2.28. The van der Waals surface area contributed by atoms with Gasteiger partial charge in [-0.1, -0.05) is 48.5 Å². The largest absolute Gasteiger partial charge is 0.453 e. The number of benzene rings is 2. The zero-order chi connectivity index (χ0) is 18.4. The number of aliphatic hydroxyl groups is 1. The summed E-state index contributed by atoms with van der Waals surface area (Å²) < 4.78 is 23.3. The van der Waals surface area contributed by atoms with Crippen molar-refractivity contribution in [1.29, 1.82) is 0 Å². The van der Waals surface area contributed by atoms with Crippen LogP contribution in [0.5, 0.6) is 0 Å². The fourth-order valence-electron chi connectivity index (χ4n) is 3.97. The lowest BCUT2D eigenvalue weighted by molar-refractivity contribution is -0.108. The van der Waals surface area contributed by atoms with E-state index in [2.05, 4.69) is 0 Å². The second kappa shape index (κ2) is 6.73. The number of hydrogen-bond acceptors (Lipinski definition) is 6. The highest BCUT2D eigenvalue weighted by Gasteiger charge is 2.68. The first kappa shape index (κ1) is 16.9. The molecule has 2 bridgehead atoms. The van der Waals surface area contributed by atoms with Crippen LogP contribution in [0.1, 0.15) is 15.9 Å². The molecule has 3 aliphatic heterocycles. The average molecular weight is 368 g/mol. The summed E-state index contributed by atoms with van der Waals surface area (Å²) in [7, 11) is 0. The zero-order valence-corrected chi connectivity index (χ0v) is 14.5. The van der Waals surface area contributed by atoms with Crippen molar-refractivity contribution in [3.05, 3.63) is 71.8 Å². The number of fused-ring (bicyclic) bond motifs is 4. The molecule has 2 aromatic carbocycles. The number of epoxide rings is 1. The van der Waals surface area contributed by atoms with E-state index < -0.39 is 36.5 Å². The van der Waals surface area contributed by atoms with Gasteiger partial charge < -0.3 is 24.1 Å². The summed E-state index contributed by atoms with van der Waals surface area (Å²) in [6.45, 7) is 0.352. The molecule has 1 N–H and O–H groups in total. The molecule has 3 heterocycles. The Morgan fingerprint density at radius 2 is 1.52 bits per heavy atom. The molecule has 0 spiro atoms. The van der Waals surface area contributed by atoms with Gasteiger partial charge in [0.2, 0.25) is 0 Å². The summed E-state index contributed by atoms with van der Waals surface area (Å²) in [4.78, 5) is 12.5. The molecule has 27 heavy (non-hydrogen) atoms. The third-order valence-electron chi connectivity index (χ3n) is 5.38. The first-order valence-electron chi connectivity index (χ1n) is 9.13. The highest BCUT2D eigenvalue weighted by atomic mass is 16.7. The first-order valence-corrected chi connectivity index (χ1v) is 9.13. The maximum Gasteiger partial charge on any atom is 0.338 e. The molecule has 0 unspecified atom stereocenters. The van der Waals surface area contributed by atoms with Gasteiger partial charge in [-0.2, -0.15) is 0 Å². The Hall–Kier alpha value is -2.25. The van der Waals surface area contributed by atoms with Gasteiger partial charge >= 0.3 is 5.97 Å². The summed E-state index contributed by atoms with van der Waals surface area (Å²) in [6.07, 6.45) is -3.47. The van der Waals surface area contributed by atoms with Crippen molar-refractivity contribution >= 4 is 5.97 Å². The molecule has 5 rings (SSSR count). The van der Waals surface area contributed by atoms with E-state index in [0.29, 0.717) is 12.2 Å². The molecular formula is C21H20O6. The lowest BCUT2D eigenvalue weighted by atomic mass is 10.1. The molecule has 7 atom stereocenters. The van der Waals surface area contributed by atoms with E-state index in [4.69, 9.17) is 18.9 Å². The fourth-order valence-corrected chi connectivity index (χ4v) is 3.97. The Kier molecular flexibility index (Phi) is 4.21. The third-order valence-corrected chi connectivity index (χ3v) is 5.38. The van der Waals surface area contributed by atoms with Crippen LogP contribution in [-0.2, 0) is 25.6 Å². The smallest absolute Gasteiger partial charge is 0.338 e. The highest BCUT2D eigenvalue weighted by Crippen LogP contribution is 2.47. The topological polar surface area (TPSA) is 77.5 Å². The predicted octanol–water partition coefficient (Wildman–Crippen LogP) is 1.71. The minimum absolute atomic E-state index is 0.249. The summed E-state index contributed by atoms with van der Waals surface area (Å²) in [5.74, 6) is -0.430. The van der Waals surface area contributed by atoms with Crippen molar-refractivity contribution < 1.29 is 28.8 Å². The van der Waals surface area contributed by atoms with Crippen molar-refractivity contribution in [1.82, 2.24) is 0 Å². The van der Waals surface area contributed by atoms with Crippen LogP contribution in [0.25, 0.3) is 0 Å². The number of carbonyl (C=O) groups excluding carboxylic acids is 1. The minimum atomic E-state index is -0.811. The molecule has 0 amide bonds. The normalized spacial score (nSPS) is 36.1. The maximum absolute atomic E-state index is 12.5. The van der Waals surface area contributed by atoms with E-state index in [9.17, 15) is 9.90 Å². The van der Waals surface area contributed by atoms with E-state index in [-0.39, 0.29) is 12.2 Å². The van der Waals surface area contributed by atoms with E-state index in [1.54, 1.807) is 24.3 Å². The summed E-state index contributed by atoms with van der Waals surface area (Å²) in [5.41, 5.74) is 1.47. The zero-order valence-electron chi connectivity index (χ0n) is 14.5. The number of carbonyl (C=O) groups is 1. The van der Waals surface area contributed by atoms with Gasteiger partial charge in [0.05, 0.1) is 12.2 Å². The first-order chi connectivity index (χ1) is 13.2. The van der Waals surface area contributed by atoms with Gasteiger partial charge in [0, 0.05) is 0 Å². The van der Waals surface area contributed by atoms with Crippen molar-refractivity contribution in [3.63, 3.8) is 0 Å². The van der Waals surface area contributed by atoms with Gasteiger partial charge in [0.15, 0.2) is 6.10 Å². The van der Waals surface area contributed by atoms with E-state index >= 15 is 0 Å². The second-order valence-electron chi connectivity index (χ2n) is 7.12. The second-order valence-corrected chi connectivity index (χ2v) is 7.12. The lowest BCUT2D eigenvalue weighted by Crippen LogP contribution is -2.46. The standard InChI is InChI=1S/C21H20O6/c22-14-15(24-11-12-7-3-1-4-8-12)17-20(19-18(26-19)16(14)25-17)27-21(23)13-9-5-2-6-10-13/h1-10,14-20,22H,11H2/t14-,15-,16-,17+,18+,19-,20-/m1/s1. The van der Waals surface area contributed by atoms with Crippen LogP contribution in [0.15, 0.2) is 60.7 Å². The summed E-state index contributed by atoms with van der Waals surface area (Å²) in [6, 6.07) is 18.5. The SMILES string of the molecule is O=C(O[C@H]1[C@@H]2O[C@H]2[C@@H]2O[C@H]1[C@H](OCc1ccccc1)[C@H]2O)c1ccccc1. The van der Waals surface area contributed by atoms with Crippen LogP contribution < -0.4 is 0 Å². The van der Waals surface area contributed by atoms with Crippen LogP contribution in [0.4, 0.5) is 0 Å². The quantitative estimate of drug-likeness (QED) is 0.640. The summed E-state index contributed by atoms with van der Waals surface area (Å²) in [5, 5.41) is 10.6. The van der Waals surface area contributed by atoms with Crippen LogP contribution >= 0.6 is 0 Å². The highest BCUT2D eigenvalue weighted by molar-refractivity contribution is 5.89. The molecular weight excluding hydrogens is 348 g/mol. The van der Waals surface area contributed by atoms with E-state index in [0.717, 1.165) is 5.56 Å². The molecule has 6 heteroatoms. The number of esters is 1. The number of aliphatic hydroxyl groups excluding tert-OH is 1. The molecule has 140 valence electrons. The minimum Gasteiger partial charge on any atom is -0.453 e. The van der Waals surface area contributed by atoms with Gasteiger partial charge in [-0.15, -0.1) is 0 Å². The molecule has 0 saturated carbocycles. The van der Waals surface area contributed by atoms with E-state index in [1.165, 1.54) is 0 Å². The van der Waals surface area contributed by atoms with Gasteiger partial charge in [0.1, 0.15) is 36.6 Å². The molecule has 3 fully saturated rings. The van der Waals surface area contributed by atoms with Gasteiger partial charge in [-0.05, 0) is 17.7 Å². The van der Waals surface area contributed by atoms with Crippen LogP contribution in [-0.4, -0.2) is 53.8 Å². The number of ether oxygens (including phenoxy) is 4. The molecule has 3 aliphatic rings. The Morgan fingerprint density at radius 1 is 0.852 bits per heavy atom. The maximum atomic E-state index is 12.5. The van der Waals surface area contributed by atoms with Gasteiger partial charge in [0.25, 0.3) is 0 Å². The molecule has 6 nitrogen and oxygen atoms in total. The number of rotatable bonds is 5. The monoisotopic (exact) mass is 368 g/mol. The Balaban J connectivity index is 1.32. The predicted molar refractivity (Wildman–Crippen MR) is 94.0 cm³/mol. The Bertz CT molecular complexity index is 810. The van der Waals surface area contributed by atoms with Crippen LogP contribution in [0.3, 0.4) is 0 Å². The molecule has 0 radical (unpaired) electrons. The van der Waals surface area contributed by atoms with Crippen LogP contribution in [0.2, 0.25) is 0 Å². The van der Waals surface area contributed by atoms with Gasteiger partial charge in [-0.3, -0.25) is 0 Å². The van der Waals surface area contributed by atoms with Crippen molar-refractivity contribution in [2.24, 2.45) is 0 Å². The molecule has 0 aromatic heterocycles. The molecule has 3 saturated heterocycles. The summed E-state index contributed by atoms with van der Waals surface area (Å²) >= 11 is 0. The van der Waals surface area contributed by atoms with Gasteiger partial charge in [-0.25, -0.2) is 4.79 Å². The van der Waals surface area contributed by atoms with E-state index in [1.807, 2.05) is 36.4 Å². The Morgan fingerprint density at radius 3 is 2.26 bits per heavy atom. The van der Waals surface area contributed by atoms with Crippen molar-refractivity contribution in [2.45, 2.75) is 49.3 Å². The third kappa shape index (κ3) is 3.04. The fraction of sp³-hybridized carbons (Fsp3) is 0.381. The molecule has 2 aromatic rings.